The number of halogens is 1. The smallest absolute Gasteiger partial charge is 0.331 e. The predicted molar refractivity (Wildman–Crippen MR) is 118 cm³/mol. The summed E-state index contributed by atoms with van der Waals surface area (Å²) < 4.78 is 20.7. The van der Waals surface area contributed by atoms with Gasteiger partial charge >= 0.3 is 12.1 Å². The van der Waals surface area contributed by atoms with Gasteiger partial charge < -0.3 is 15.8 Å². The Morgan fingerprint density at radius 2 is 1.52 bits per heavy atom. The molecule has 0 fully saturated rings. The molecule has 3 N–H and O–H groups in total. The number of ether oxygens (including phenoxy) is 1. The summed E-state index contributed by atoms with van der Waals surface area (Å²) in [5, 5.41) is 2.76. The molecule has 156 valence electrons. The van der Waals surface area contributed by atoms with Crippen LogP contribution in [-0.2, 0) is 0 Å². The van der Waals surface area contributed by atoms with Crippen molar-refractivity contribution < 1.29 is 18.7 Å². The molecule has 0 aliphatic carbocycles. The van der Waals surface area contributed by atoms with E-state index in [0.717, 1.165) is 27.9 Å². The molecule has 0 heterocycles. The Hall–Kier alpha value is -2.59. The highest BCUT2D eigenvalue weighted by Crippen LogP contribution is 2.21. The number of nitrogens with two attached hydrogens (primary N) is 1. The zero-order valence-corrected chi connectivity index (χ0v) is 17.4. The van der Waals surface area contributed by atoms with Gasteiger partial charge in [0.15, 0.2) is 0 Å². The molecule has 0 aliphatic heterocycles. The second kappa shape index (κ2) is 11.4. The molecule has 0 radical (unpaired) electrons. The van der Waals surface area contributed by atoms with Crippen LogP contribution in [0.25, 0.3) is 0 Å². The molecule has 0 aliphatic rings. The van der Waals surface area contributed by atoms with Gasteiger partial charge in [-0.05, 0) is 67.8 Å². The van der Waals surface area contributed by atoms with Crippen molar-refractivity contribution in [2.75, 3.05) is 21.8 Å². The minimum absolute atomic E-state index is 0.370. The monoisotopic (exact) mass is 438 g/mol. The Labute approximate surface area is 180 Å². The van der Waals surface area contributed by atoms with Crippen LogP contribution in [0.4, 0.5) is 25.4 Å². The average Bonchev–Trinajstić information content (AvgIpc) is 2.72. The first-order valence-corrected chi connectivity index (χ1v) is 9.72. The Bertz CT molecular complexity index is 806. The molecule has 10 heteroatoms. The number of amides is 4. The predicted octanol–water partition coefficient (Wildman–Crippen LogP) is 4.17. The summed E-state index contributed by atoms with van der Waals surface area (Å²) in [5.41, 5.74) is 6.19. The van der Waals surface area contributed by atoms with E-state index in [1.807, 2.05) is 0 Å². The highest BCUT2D eigenvalue weighted by Gasteiger charge is 2.11. The topological polar surface area (TPSA) is 87.9 Å². The fourth-order valence-corrected chi connectivity index (χ4v) is 2.71. The summed E-state index contributed by atoms with van der Waals surface area (Å²) in [7, 11) is 0. The van der Waals surface area contributed by atoms with Gasteiger partial charge in [-0.1, -0.05) is 25.6 Å². The zero-order chi connectivity index (χ0) is 21.2. The van der Waals surface area contributed by atoms with Gasteiger partial charge in [0.25, 0.3) is 0 Å². The fraction of sp³-hybridized carbons (Fsp3) is 0.263. The fourth-order valence-electron chi connectivity index (χ4n) is 2.37. The van der Waals surface area contributed by atoms with Crippen molar-refractivity contribution in [3.05, 3.63) is 54.3 Å². The van der Waals surface area contributed by atoms with Crippen LogP contribution in [0, 0.1) is 5.82 Å². The molecule has 0 saturated heterocycles. The van der Waals surface area contributed by atoms with E-state index in [-0.39, 0.29) is 11.8 Å². The number of hydrogen-bond acceptors (Lipinski definition) is 5. The van der Waals surface area contributed by atoms with E-state index in [9.17, 15) is 14.0 Å². The number of thiol groups is 2. The van der Waals surface area contributed by atoms with Crippen LogP contribution in [0.15, 0.2) is 48.5 Å². The lowest BCUT2D eigenvalue weighted by atomic mass is 10.2. The molecule has 29 heavy (non-hydrogen) atoms. The second-order valence-electron chi connectivity index (χ2n) is 6.07. The van der Waals surface area contributed by atoms with Gasteiger partial charge in [0.2, 0.25) is 0 Å². The lowest BCUT2D eigenvalue weighted by molar-refractivity contribution is 0.249. The van der Waals surface area contributed by atoms with Gasteiger partial charge in [0.05, 0.1) is 18.0 Å². The van der Waals surface area contributed by atoms with Gasteiger partial charge in [-0.2, -0.15) is 0 Å². The molecule has 0 atom stereocenters. The number of rotatable bonds is 9. The Morgan fingerprint density at radius 1 is 0.931 bits per heavy atom. The summed E-state index contributed by atoms with van der Waals surface area (Å²) in [6.45, 7) is 1.03. The minimum atomic E-state index is -0.659. The van der Waals surface area contributed by atoms with Crippen molar-refractivity contribution in [1.29, 1.82) is 0 Å². The molecule has 0 saturated carbocycles. The number of hydrogen-bond donors (Lipinski definition) is 4. The normalized spacial score (nSPS) is 10.3. The van der Waals surface area contributed by atoms with Crippen molar-refractivity contribution >= 4 is 49.1 Å². The molecule has 7 nitrogen and oxygen atoms in total. The number of primary amides is 1. The number of anilines is 2. The minimum Gasteiger partial charge on any atom is -0.494 e. The van der Waals surface area contributed by atoms with E-state index in [0.29, 0.717) is 30.3 Å². The SMILES string of the molecule is NC(=O)N(S)c1ccc(OCCCCCNC(=O)N(S)c2ccc(F)cc2)cc1. The summed E-state index contributed by atoms with van der Waals surface area (Å²) in [6, 6.07) is 11.3. The maximum Gasteiger partial charge on any atom is 0.331 e. The van der Waals surface area contributed by atoms with Gasteiger partial charge in [-0.3, -0.25) is 0 Å². The molecule has 0 aromatic heterocycles. The van der Waals surface area contributed by atoms with Crippen LogP contribution in [0.3, 0.4) is 0 Å². The van der Waals surface area contributed by atoms with Crippen molar-refractivity contribution in [3.63, 3.8) is 0 Å². The first-order valence-electron chi connectivity index (χ1n) is 8.92. The molecule has 0 unspecified atom stereocenters. The molecular weight excluding hydrogens is 415 g/mol. The molecule has 2 aromatic carbocycles. The second-order valence-corrected chi connectivity index (χ2v) is 6.87. The van der Waals surface area contributed by atoms with Crippen molar-refractivity contribution in [3.8, 4) is 5.75 Å². The number of carbonyl (C=O) groups excluding carboxylic acids is 2. The Balaban J connectivity index is 1.59. The Kier molecular flexibility index (Phi) is 8.94. The number of urea groups is 2. The number of benzene rings is 2. The largest absolute Gasteiger partial charge is 0.494 e. The first kappa shape index (κ1) is 22.7. The van der Waals surface area contributed by atoms with Crippen molar-refractivity contribution in [2.24, 2.45) is 5.73 Å². The highest BCUT2D eigenvalue weighted by atomic mass is 32.1. The number of nitrogens with zero attached hydrogens (tertiary/aromatic N) is 2. The molecule has 0 spiro atoms. The van der Waals surface area contributed by atoms with Gasteiger partial charge in [-0.15, -0.1) is 0 Å². The van der Waals surface area contributed by atoms with E-state index in [2.05, 4.69) is 30.9 Å². The van der Waals surface area contributed by atoms with Crippen LogP contribution < -0.4 is 24.4 Å². The standard InChI is InChI=1S/C19H23FN4O3S2/c20-14-4-6-16(7-5-14)24(29)19(26)22-12-2-1-3-13-27-17-10-8-15(9-11-17)23(28)18(21)25/h4-11,28-29H,1-3,12-13H2,(H2,21,25)(H,22,26). The van der Waals surface area contributed by atoms with E-state index in [4.69, 9.17) is 10.5 Å². The maximum atomic E-state index is 12.9. The molecule has 4 amide bonds. The van der Waals surface area contributed by atoms with Crippen molar-refractivity contribution in [2.45, 2.75) is 19.3 Å². The third-order valence-corrected chi connectivity index (χ3v) is 4.76. The third-order valence-electron chi connectivity index (χ3n) is 3.92. The quantitative estimate of drug-likeness (QED) is 0.350. The molecule has 2 rings (SSSR count). The van der Waals surface area contributed by atoms with Crippen LogP contribution in [0.5, 0.6) is 5.75 Å². The first-order chi connectivity index (χ1) is 13.9. The maximum absolute atomic E-state index is 12.9. The van der Waals surface area contributed by atoms with Crippen LogP contribution in [-0.4, -0.2) is 25.2 Å². The van der Waals surface area contributed by atoms with Crippen LogP contribution >= 0.6 is 25.6 Å². The van der Waals surface area contributed by atoms with Gasteiger partial charge in [0.1, 0.15) is 11.6 Å². The van der Waals surface area contributed by atoms with E-state index in [1.165, 1.54) is 24.3 Å². The highest BCUT2D eigenvalue weighted by molar-refractivity contribution is 7.82. The van der Waals surface area contributed by atoms with E-state index >= 15 is 0 Å². The van der Waals surface area contributed by atoms with Gasteiger partial charge in [-0.25, -0.2) is 22.6 Å². The van der Waals surface area contributed by atoms with E-state index in [1.54, 1.807) is 24.3 Å². The van der Waals surface area contributed by atoms with E-state index < -0.39 is 6.03 Å². The van der Waals surface area contributed by atoms with Crippen LogP contribution in [0.2, 0.25) is 0 Å². The van der Waals surface area contributed by atoms with Crippen molar-refractivity contribution in [1.82, 2.24) is 5.32 Å². The lowest BCUT2D eigenvalue weighted by Gasteiger charge is -2.16. The number of nitrogens with one attached hydrogen (secondary N) is 1. The number of unbranched alkanes of at least 4 members (excludes halogenated alkanes) is 2. The average molecular weight is 439 g/mol. The third kappa shape index (κ3) is 7.39. The Morgan fingerprint density at radius 3 is 2.14 bits per heavy atom. The lowest BCUT2D eigenvalue weighted by Crippen LogP contribution is -2.34. The number of carbonyl (C=O) groups is 2. The summed E-state index contributed by atoms with van der Waals surface area (Å²) >= 11 is 8.11. The molecular formula is C19H23FN4O3S2. The molecule has 0 bridgehead atoms. The summed E-state index contributed by atoms with van der Waals surface area (Å²) in [5.74, 6) is 0.307. The summed E-state index contributed by atoms with van der Waals surface area (Å²) in [6.07, 6.45) is 2.47. The zero-order valence-electron chi connectivity index (χ0n) is 15.6. The molecule has 2 aromatic rings. The van der Waals surface area contributed by atoms with Gasteiger partial charge in [0, 0.05) is 6.54 Å². The summed E-state index contributed by atoms with van der Waals surface area (Å²) in [4.78, 5) is 23.0. The van der Waals surface area contributed by atoms with Crippen LogP contribution in [0.1, 0.15) is 19.3 Å².